The van der Waals surface area contributed by atoms with Gasteiger partial charge in [0.2, 0.25) is 5.43 Å². The van der Waals surface area contributed by atoms with E-state index in [-0.39, 0.29) is 41.9 Å². The van der Waals surface area contributed by atoms with Gasteiger partial charge in [-0.25, -0.2) is 8.78 Å². The summed E-state index contributed by atoms with van der Waals surface area (Å²) in [4.78, 5) is 28.9. The number of hydrogen-bond acceptors (Lipinski definition) is 6. The van der Waals surface area contributed by atoms with Gasteiger partial charge in [0.15, 0.2) is 23.1 Å². The summed E-state index contributed by atoms with van der Waals surface area (Å²) >= 11 is 1.43. The highest BCUT2D eigenvalue weighted by atomic mass is 32.2. The second-order valence-electron chi connectivity index (χ2n) is 11.0. The van der Waals surface area contributed by atoms with Crippen molar-refractivity contribution >= 4 is 17.7 Å². The first-order chi connectivity index (χ1) is 19.4. The minimum atomic E-state index is -0.913. The number of fused-ring (bicyclic) bond motifs is 3. The second-order valence-corrected chi connectivity index (χ2v) is 12.0. The topological polar surface area (TPSA) is 75.0 Å². The number of nitrogens with zero attached hydrogens (tertiary/aromatic N) is 3. The molecular formula is C30H29F2N3O4S. The van der Waals surface area contributed by atoms with E-state index in [1.165, 1.54) is 41.5 Å². The zero-order valence-corrected chi connectivity index (χ0v) is 22.6. The van der Waals surface area contributed by atoms with Crippen molar-refractivity contribution < 1.29 is 23.4 Å². The van der Waals surface area contributed by atoms with Crippen molar-refractivity contribution in [3.63, 3.8) is 0 Å². The SMILES string of the molecule is O=C1c2c(O)c(=O)ccn2N([C@@H]2c3ccccc3SCc3c2ccc(F)c3F)CN1C1CC(OC2CCCC2)C1. The summed E-state index contributed by atoms with van der Waals surface area (Å²) in [6, 6.07) is 10.9. The monoisotopic (exact) mass is 565 g/mol. The number of pyridine rings is 1. The van der Waals surface area contributed by atoms with Crippen LogP contribution in [0.3, 0.4) is 0 Å². The van der Waals surface area contributed by atoms with Gasteiger partial charge in [0.05, 0.1) is 18.2 Å². The van der Waals surface area contributed by atoms with E-state index in [1.807, 2.05) is 29.3 Å². The Morgan fingerprint density at radius 3 is 2.52 bits per heavy atom. The second kappa shape index (κ2) is 9.92. The molecule has 0 bridgehead atoms. The number of halogens is 2. The first-order valence-electron chi connectivity index (χ1n) is 13.8. The summed E-state index contributed by atoms with van der Waals surface area (Å²) in [6.45, 7) is 0.136. The van der Waals surface area contributed by atoms with E-state index in [0.29, 0.717) is 18.4 Å². The average molecular weight is 566 g/mol. The molecule has 1 atom stereocenters. The van der Waals surface area contributed by atoms with Gasteiger partial charge < -0.3 is 14.7 Å². The number of hydrogen-bond donors (Lipinski definition) is 1. The van der Waals surface area contributed by atoms with E-state index in [0.717, 1.165) is 29.4 Å². The Kier molecular flexibility index (Phi) is 6.35. The molecule has 4 aliphatic rings. The van der Waals surface area contributed by atoms with E-state index < -0.39 is 34.8 Å². The van der Waals surface area contributed by atoms with Crippen LogP contribution in [0.2, 0.25) is 0 Å². The van der Waals surface area contributed by atoms with Gasteiger partial charge in [-0.05, 0) is 48.9 Å². The van der Waals surface area contributed by atoms with Crippen LogP contribution in [0.4, 0.5) is 8.78 Å². The summed E-state index contributed by atoms with van der Waals surface area (Å²) in [7, 11) is 0. The van der Waals surface area contributed by atoms with Crippen LogP contribution in [-0.4, -0.2) is 45.5 Å². The van der Waals surface area contributed by atoms with Crippen molar-refractivity contribution in [1.29, 1.82) is 0 Å². The third-order valence-corrected chi connectivity index (χ3v) is 9.82. The van der Waals surface area contributed by atoms with Crippen LogP contribution < -0.4 is 10.4 Å². The predicted molar refractivity (Wildman–Crippen MR) is 146 cm³/mol. The van der Waals surface area contributed by atoms with Crippen LogP contribution in [0.1, 0.15) is 71.7 Å². The maximum Gasteiger partial charge on any atom is 0.278 e. The lowest BCUT2D eigenvalue weighted by molar-refractivity contribution is -0.0815. The molecule has 1 N–H and O–H groups in total. The number of benzene rings is 2. The van der Waals surface area contributed by atoms with Gasteiger partial charge in [0.1, 0.15) is 6.67 Å². The molecular weight excluding hydrogens is 536 g/mol. The van der Waals surface area contributed by atoms with Crippen LogP contribution in [0.25, 0.3) is 0 Å². The Morgan fingerprint density at radius 2 is 1.73 bits per heavy atom. The Morgan fingerprint density at radius 1 is 0.950 bits per heavy atom. The number of amides is 1. The molecule has 2 aliphatic heterocycles. The standard InChI is InChI=1S/C30H29F2N3O4S/c31-23-10-9-20-22(26(23)32)15-40-25-8-4-3-7-21(25)27(20)35-16-33(17-13-19(14-17)39-18-5-1-2-6-18)30(38)28-29(37)24(36)11-12-34(28)35/h3-4,7-12,17-19,27,37H,1-2,5-6,13-16H2/t17?,19?,27-/m0/s1. The van der Waals surface area contributed by atoms with Gasteiger partial charge >= 0.3 is 0 Å². The lowest BCUT2D eigenvalue weighted by Crippen LogP contribution is -2.61. The average Bonchev–Trinajstić information content (AvgIpc) is 3.39. The maximum absolute atomic E-state index is 15.2. The molecule has 0 radical (unpaired) electrons. The lowest BCUT2D eigenvalue weighted by Gasteiger charge is -2.50. The van der Waals surface area contributed by atoms with E-state index in [9.17, 15) is 19.1 Å². The van der Waals surface area contributed by atoms with Gasteiger partial charge in [-0.1, -0.05) is 37.1 Å². The number of aromatic nitrogens is 1. The largest absolute Gasteiger partial charge is 0.502 e. The van der Waals surface area contributed by atoms with Crippen molar-refractivity contribution in [2.24, 2.45) is 0 Å². The number of ether oxygens (including phenoxy) is 1. The summed E-state index contributed by atoms with van der Waals surface area (Å²) in [5.74, 6) is -2.61. The van der Waals surface area contributed by atoms with Crippen molar-refractivity contribution in [3.05, 3.63) is 92.9 Å². The number of thioether (sulfide) groups is 1. The number of carbonyl (C=O) groups excluding carboxylic acids is 1. The quantitative estimate of drug-likeness (QED) is 0.476. The minimum absolute atomic E-state index is 0.0654. The molecule has 2 aromatic carbocycles. The van der Waals surface area contributed by atoms with Crippen molar-refractivity contribution in [3.8, 4) is 5.75 Å². The number of aromatic hydroxyl groups is 1. The molecule has 7 rings (SSSR count). The fourth-order valence-corrected chi connectivity index (χ4v) is 7.64. The molecule has 3 aromatic rings. The van der Waals surface area contributed by atoms with Gasteiger partial charge in [-0.2, -0.15) is 0 Å². The fourth-order valence-electron chi connectivity index (χ4n) is 6.53. The third-order valence-electron chi connectivity index (χ3n) is 8.70. The molecule has 2 saturated carbocycles. The predicted octanol–water partition coefficient (Wildman–Crippen LogP) is 5.07. The Hall–Kier alpha value is -3.37. The molecule has 10 heteroatoms. The van der Waals surface area contributed by atoms with E-state index >= 15 is 4.39 Å². The molecule has 0 unspecified atom stereocenters. The Bertz CT molecular complexity index is 1550. The maximum atomic E-state index is 15.2. The summed E-state index contributed by atoms with van der Waals surface area (Å²) in [6.07, 6.45) is 7.64. The molecule has 1 aromatic heterocycles. The van der Waals surface area contributed by atoms with Crippen LogP contribution in [0.15, 0.2) is 58.4 Å². The molecule has 0 spiro atoms. The Labute approximate surface area is 234 Å². The number of rotatable bonds is 4. The van der Waals surface area contributed by atoms with Crippen LogP contribution in [-0.2, 0) is 10.5 Å². The highest BCUT2D eigenvalue weighted by Crippen LogP contribution is 2.45. The van der Waals surface area contributed by atoms with Crippen molar-refractivity contribution in [2.75, 3.05) is 11.7 Å². The minimum Gasteiger partial charge on any atom is -0.502 e. The first-order valence-corrected chi connectivity index (χ1v) is 14.8. The summed E-state index contributed by atoms with van der Waals surface area (Å²) in [5, 5.41) is 12.7. The molecule has 3 heterocycles. The third kappa shape index (κ3) is 4.11. The van der Waals surface area contributed by atoms with Gasteiger partial charge in [-0.3, -0.25) is 19.3 Å². The molecule has 1 amide bonds. The van der Waals surface area contributed by atoms with Gasteiger partial charge in [0.25, 0.3) is 5.91 Å². The van der Waals surface area contributed by atoms with Gasteiger partial charge in [0, 0.05) is 34.5 Å². The highest BCUT2D eigenvalue weighted by molar-refractivity contribution is 7.98. The molecule has 2 aliphatic carbocycles. The van der Waals surface area contributed by atoms with E-state index in [4.69, 9.17) is 4.74 Å². The van der Waals surface area contributed by atoms with Crippen LogP contribution in [0.5, 0.6) is 5.75 Å². The number of carbonyl (C=O) groups is 1. The molecule has 0 saturated heterocycles. The lowest BCUT2D eigenvalue weighted by atomic mass is 9.87. The van der Waals surface area contributed by atoms with Crippen molar-refractivity contribution in [1.82, 2.24) is 9.58 Å². The normalized spacial score (nSPS) is 24.2. The first kappa shape index (κ1) is 25.6. The van der Waals surface area contributed by atoms with Crippen LogP contribution >= 0.6 is 11.8 Å². The Balaban J connectivity index is 1.32. The molecule has 2 fully saturated rings. The van der Waals surface area contributed by atoms with Crippen molar-refractivity contribution in [2.45, 2.75) is 73.5 Å². The molecule has 208 valence electrons. The van der Waals surface area contributed by atoms with Crippen LogP contribution in [0, 0.1) is 11.6 Å². The molecule has 7 nitrogen and oxygen atoms in total. The highest BCUT2D eigenvalue weighted by Gasteiger charge is 2.45. The van der Waals surface area contributed by atoms with E-state index in [1.54, 1.807) is 11.0 Å². The zero-order valence-electron chi connectivity index (χ0n) is 21.8. The summed E-state index contributed by atoms with van der Waals surface area (Å²) in [5.41, 5.74) is 0.924. The smallest absolute Gasteiger partial charge is 0.278 e. The van der Waals surface area contributed by atoms with E-state index in [2.05, 4.69) is 0 Å². The summed E-state index contributed by atoms with van der Waals surface area (Å²) < 4.78 is 37.4. The fraction of sp³-hybridized carbons (Fsp3) is 0.400. The molecule has 40 heavy (non-hydrogen) atoms. The zero-order chi connectivity index (χ0) is 27.5. The van der Waals surface area contributed by atoms with Gasteiger partial charge in [-0.15, -0.1) is 11.8 Å².